The third-order valence-corrected chi connectivity index (χ3v) is 5.76. The number of carbonyl (C=O) groups is 1. The molecule has 2 aliphatic heterocycles. The zero-order chi connectivity index (χ0) is 16.4. The van der Waals surface area contributed by atoms with Gasteiger partial charge in [-0.1, -0.05) is 0 Å². The molecule has 2 fully saturated rings. The summed E-state index contributed by atoms with van der Waals surface area (Å²) in [6.07, 6.45) is 6.31. The summed E-state index contributed by atoms with van der Waals surface area (Å²) in [6.45, 7) is 1.94. The van der Waals surface area contributed by atoms with E-state index in [1.165, 1.54) is 29.2 Å². The fourth-order valence-corrected chi connectivity index (χ4v) is 4.16. The van der Waals surface area contributed by atoms with Crippen LogP contribution in [0.3, 0.4) is 0 Å². The van der Waals surface area contributed by atoms with Crippen LogP contribution in [0.4, 0.5) is 0 Å². The van der Waals surface area contributed by atoms with Crippen molar-refractivity contribution in [3.05, 3.63) is 24.3 Å². The smallest absolute Gasteiger partial charge is 0.271 e. The minimum absolute atomic E-state index is 0.0812. The second-order valence-electron chi connectivity index (χ2n) is 6.01. The first-order chi connectivity index (χ1) is 10.9. The number of carbonyl (C=O) groups excluding carboxylic acids is 1. The Kier molecular flexibility index (Phi) is 4.60. The molecule has 0 radical (unpaired) electrons. The number of amides is 1. The summed E-state index contributed by atoms with van der Waals surface area (Å²) in [4.78, 5) is 19.8. The molecule has 0 saturated carbocycles. The zero-order valence-electron chi connectivity index (χ0n) is 12.9. The highest BCUT2D eigenvalue weighted by Gasteiger charge is 2.42. The van der Waals surface area contributed by atoms with Crippen molar-refractivity contribution >= 4 is 15.9 Å². The molecule has 1 N–H and O–H groups in total. The summed E-state index contributed by atoms with van der Waals surface area (Å²) in [6, 6.07) is 0. The lowest BCUT2D eigenvalue weighted by atomic mass is 9.85. The molecule has 3 atom stereocenters. The van der Waals surface area contributed by atoms with E-state index in [4.69, 9.17) is 4.74 Å². The Morgan fingerprint density at radius 3 is 3.00 bits per heavy atom. The Hall–Kier alpha value is -1.58. The first-order valence-electron chi connectivity index (χ1n) is 7.56. The van der Waals surface area contributed by atoms with Crippen molar-refractivity contribution in [2.75, 3.05) is 32.5 Å². The average Bonchev–Trinajstić information content (AvgIpc) is 2.95. The SMILES string of the molecule is CS(=O)(=O)N1CC[C@@H]2[C@@H](CO[C@H]2CNC(=O)c2cnccn2)C1. The summed E-state index contributed by atoms with van der Waals surface area (Å²) < 4.78 is 30.6. The molecule has 0 unspecified atom stereocenters. The fraction of sp³-hybridized carbons (Fsp3) is 0.643. The number of aromatic nitrogens is 2. The van der Waals surface area contributed by atoms with E-state index in [0.717, 1.165) is 6.42 Å². The van der Waals surface area contributed by atoms with Gasteiger partial charge >= 0.3 is 0 Å². The highest BCUT2D eigenvalue weighted by atomic mass is 32.2. The van der Waals surface area contributed by atoms with Crippen molar-refractivity contribution in [1.29, 1.82) is 0 Å². The van der Waals surface area contributed by atoms with Gasteiger partial charge in [0.2, 0.25) is 10.0 Å². The number of hydrogen-bond acceptors (Lipinski definition) is 6. The number of nitrogens with one attached hydrogen (secondary N) is 1. The van der Waals surface area contributed by atoms with E-state index < -0.39 is 10.0 Å². The van der Waals surface area contributed by atoms with Crippen LogP contribution in [-0.2, 0) is 14.8 Å². The summed E-state index contributed by atoms with van der Waals surface area (Å²) in [5.41, 5.74) is 0.272. The van der Waals surface area contributed by atoms with E-state index >= 15 is 0 Å². The number of piperidine rings is 1. The first kappa shape index (κ1) is 16.3. The number of ether oxygens (including phenoxy) is 1. The molecule has 0 aliphatic carbocycles. The average molecular weight is 340 g/mol. The van der Waals surface area contributed by atoms with Crippen LogP contribution in [0.25, 0.3) is 0 Å². The molecule has 126 valence electrons. The number of fused-ring (bicyclic) bond motifs is 1. The lowest BCUT2D eigenvalue weighted by Crippen LogP contribution is -2.45. The Morgan fingerprint density at radius 1 is 1.48 bits per heavy atom. The summed E-state index contributed by atoms with van der Waals surface area (Å²) in [7, 11) is -3.15. The molecule has 0 bridgehead atoms. The number of rotatable bonds is 4. The van der Waals surface area contributed by atoms with Gasteiger partial charge in [0, 0.05) is 37.9 Å². The predicted molar refractivity (Wildman–Crippen MR) is 82.1 cm³/mol. The highest BCUT2D eigenvalue weighted by molar-refractivity contribution is 7.88. The molecule has 1 amide bonds. The van der Waals surface area contributed by atoms with E-state index in [2.05, 4.69) is 15.3 Å². The molecule has 2 aliphatic rings. The van der Waals surface area contributed by atoms with Gasteiger partial charge in [-0.15, -0.1) is 0 Å². The molecule has 1 aromatic heterocycles. The molecular weight excluding hydrogens is 320 g/mol. The first-order valence-corrected chi connectivity index (χ1v) is 9.41. The molecular formula is C14H20N4O4S. The topological polar surface area (TPSA) is 101 Å². The van der Waals surface area contributed by atoms with Crippen LogP contribution in [0, 0.1) is 11.8 Å². The third kappa shape index (κ3) is 3.67. The number of sulfonamides is 1. The molecule has 9 heteroatoms. The van der Waals surface area contributed by atoms with Crippen LogP contribution in [0.5, 0.6) is 0 Å². The van der Waals surface area contributed by atoms with Crippen molar-refractivity contribution in [3.8, 4) is 0 Å². The van der Waals surface area contributed by atoms with Gasteiger partial charge in [-0.2, -0.15) is 0 Å². The van der Waals surface area contributed by atoms with E-state index in [0.29, 0.717) is 26.2 Å². The Bertz CT molecular complexity index is 667. The summed E-state index contributed by atoms with van der Waals surface area (Å²) in [5, 5.41) is 2.82. The molecule has 23 heavy (non-hydrogen) atoms. The molecule has 8 nitrogen and oxygen atoms in total. The van der Waals surface area contributed by atoms with Gasteiger partial charge in [-0.3, -0.25) is 9.78 Å². The third-order valence-electron chi connectivity index (χ3n) is 4.49. The second kappa shape index (κ2) is 6.50. The molecule has 0 aromatic carbocycles. The monoisotopic (exact) mass is 340 g/mol. The number of nitrogens with zero attached hydrogens (tertiary/aromatic N) is 3. The predicted octanol–water partition coefficient (Wildman–Crippen LogP) is -0.497. The molecule has 3 rings (SSSR count). The maximum atomic E-state index is 12.0. The quantitative estimate of drug-likeness (QED) is 0.793. The van der Waals surface area contributed by atoms with Crippen LogP contribution in [0.15, 0.2) is 18.6 Å². The fourth-order valence-electron chi connectivity index (χ4n) is 3.27. The molecule has 3 heterocycles. The van der Waals surface area contributed by atoms with E-state index in [1.807, 2.05) is 0 Å². The van der Waals surface area contributed by atoms with Crippen LogP contribution >= 0.6 is 0 Å². The van der Waals surface area contributed by atoms with Gasteiger partial charge in [-0.05, 0) is 12.3 Å². The molecule has 2 saturated heterocycles. The normalized spacial score (nSPS) is 28.3. The number of hydrogen-bond donors (Lipinski definition) is 1. The Labute approximate surface area is 135 Å². The lowest BCUT2D eigenvalue weighted by molar-refractivity contribution is 0.0759. The Morgan fingerprint density at radius 2 is 2.30 bits per heavy atom. The van der Waals surface area contributed by atoms with Crippen molar-refractivity contribution in [2.24, 2.45) is 11.8 Å². The minimum atomic E-state index is -3.15. The highest BCUT2D eigenvalue weighted by Crippen LogP contribution is 2.34. The van der Waals surface area contributed by atoms with Crippen molar-refractivity contribution in [3.63, 3.8) is 0 Å². The standard InChI is InChI=1S/C14H20N4O4S/c1-23(20,21)18-5-2-11-10(8-18)9-22-13(11)7-17-14(19)12-6-15-3-4-16-12/h3-4,6,10-11,13H,2,5,7-9H2,1H3,(H,17,19)/t10-,11-,13+/m1/s1. The maximum Gasteiger partial charge on any atom is 0.271 e. The van der Waals surface area contributed by atoms with E-state index in [-0.39, 0.29) is 29.5 Å². The Balaban J connectivity index is 1.55. The van der Waals surface area contributed by atoms with Crippen LogP contribution < -0.4 is 5.32 Å². The van der Waals surface area contributed by atoms with Gasteiger partial charge in [0.05, 0.1) is 25.2 Å². The van der Waals surface area contributed by atoms with E-state index in [1.54, 1.807) is 0 Å². The summed E-state index contributed by atoms with van der Waals surface area (Å²) >= 11 is 0. The summed E-state index contributed by atoms with van der Waals surface area (Å²) in [5.74, 6) is 0.186. The zero-order valence-corrected chi connectivity index (χ0v) is 13.7. The largest absolute Gasteiger partial charge is 0.376 e. The second-order valence-corrected chi connectivity index (χ2v) is 7.99. The van der Waals surface area contributed by atoms with Crippen LogP contribution in [0.2, 0.25) is 0 Å². The van der Waals surface area contributed by atoms with Gasteiger partial charge in [0.25, 0.3) is 5.91 Å². The van der Waals surface area contributed by atoms with Crippen molar-refractivity contribution < 1.29 is 17.9 Å². The van der Waals surface area contributed by atoms with Crippen molar-refractivity contribution in [2.45, 2.75) is 12.5 Å². The van der Waals surface area contributed by atoms with Gasteiger partial charge in [0.1, 0.15) is 5.69 Å². The maximum absolute atomic E-state index is 12.0. The van der Waals surface area contributed by atoms with E-state index in [9.17, 15) is 13.2 Å². The molecule has 1 aromatic rings. The van der Waals surface area contributed by atoms with Gasteiger partial charge in [-0.25, -0.2) is 17.7 Å². The van der Waals surface area contributed by atoms with Gasteiger partial charge < -0.3 is 10.1 Å². The van der Waals surface area contributed by atoms with Gasteiger partial charge in [0.15, 0.2) is 0 Å². The molecule has 0 spiro atoms. The van der Waals surface area contributed by atoms with Crippen LogP contribution in [0.1, 0.15) is 16.9 Å². The van der Waals surface area contributed by atoms with Crippen molar-refractivity contribution in [1.82, 2.24) is 19.6 Å². The van der Waals surface area contributed by atoms with Crippen LogP contribution in [-0.4, -0.2) is 67.2 Å². The minimum Gasteiger partial charge on any atom is -0.376 e. The lowest BCUT2D eigenvalue weighted by Gasteiger charge is -2.34.